The summed E-state index contributed by atoms with van der Waals surface area (Å²) in [5.74, 6) is 5.95. The van der Waals surface area contributed by atoms with Crippen molar-refractivity contribution in [2.45, 2.75) is 18.0 Å². The van der Waals surface area contributed by atoms with Crippen LogP contribution in [0.15, 0.2) is 5.16 Å². The molecule has 0 radical (unpaired) electrons. The highest BCUT2D eigenvalue weighted by molar-refractivity contribution is 7.99. The summed E-state index contributed by atoms with van der Waals surface area (Å²) in [7, 11) is 1.80. The molecule has 1 aromatic heterocycles. The second-order valence-electron chi connectivity index (χ2n) is 2.92. The van der Waals surface area contributed by atoms with Crippen LogP contribution in [0.5, 0.6) is 0 Å². The summed E-state index contributed by atoms with van der Waals surface area (Å²) in [6.45, 7) is 0. The number of carbonyl (C=O) groups is 1. The molecular weight excluding hydrogens is 216 g/mol. The zero-order chi connectivity index (χ0) is 11.3. The second-order valence-corrected chi connectivity index (χ2v) is 3.98. The van der Waals surface area contributed by atoms with Gasteiger partial charge in [-0.3, -0.25) is 14.8 Å². The first-order valence-corrected chi connectivity index (χ1v) is 5.41. The van der Waals surface area contributed by atoms with E-state index in [4.69, 9.17) is 11.6 Å². The van der Waals surface area contributed by atoms with Gasteiger partial charge in [0.1, 0.15) is 0 Å². The van der Waals surface area contributed by atoms with Crippen LogP contribution in [0.1, 0.15) is 12.8 Å². The molecule has 84 valence electrons. The number of hydrazine groups is 1. The van der Waals surface area contributed by atoms with Gasteiger partial charge in [0.25, 0.3) is 0 Å². The van der Waals surface area contributed by atoms with Crippen molar-refractivity contribution in [2.75, 3.05) is 11.5 Å². The van der Waals surface area contributed by atoms with Gasteiger partial charge < -0.3 is 5.73 Å². The Morgan fingerprint density at radius 1 is 1.60 bits per heavy atom. The number of rotatable bonds is 5. The zero-order valence-corrected chi connectivity index (χ0v) is 9.25. The van der Waals surface area contributed by atoms with Gasteiger partial charge in [-0.2, -0.15) is 0 Å². The Labute approximate surface area is 91.6 Å². The molecule has 8 heteroatoms. The smallest absolute Gasteiger partial charge is 0.233 e. The van der Waals surface area contributed by atoms with Crippen LogP contribution < -0.4 is 17.0 Å². The first kappa shape index (κ1) is 11.8. The molecule has 1 aromatic rings. The van der Waals surface area contributed by atoms with E-state index in [1.807, 2.05) is 0 Å². The van der Waals surface area contributed by atoms with E-state index in [9.17, 15) is 4.79 Å². The summed E-state index contributed by atoms with van der Waals surface area (Å²) < 4.78 is 1.70. The van der Waals surface area contributed by atoms with Crippen molar-refractivity contribution >= 4 is 23.6 Å². The number of nitrogen functional groups attached to an aromatic ring is 1. The molecule has 0 saturated heterocycles. The average molecular weight is 230 g/mol. The van der Waals surface area contributed by atoms with Gasteiger partial charge in [0.15, 0.2) is 5.16 Å². The molecule has 5 N–H and O–H groups in total. The van der Waals surface area contributed by atoms with Gasteiger partial charge in [-0.25, -0.2) is 5.84 Å². The summed E-state index contributed by atoms with van der Waals surface area (Å²) in [6, 6.07) is 0. The van der Waals surface area contributed by atoms with Crippen molar-refractivity contribution in [1.29, 1.82) is 0 Å². The Bertz CT molecular complexity index is 338. The van der Waals surface area contributed by atoms with Gasteiger partial charge in [-0.1, -0.05) is 11.8 Å². The van der Waals surface area contributed by atoms with E-state index in [1.165, 1.54) is 11.8 Å². The highest BCUT2D eigenvalue weighted by atomic mass is 32.2. The molecule has 0 aliphatic heterocycles. The molecule has 1 amide bonds. The highest BCUT2D eigenvalue weighted by Crippen LogP contribution is 2.17. The summed E-state index contributed by atoms with van der Waals surface area (Å²) in [5.41, 5.74) is 7.59. The Balaban J connectivity index is 2.26. The molecule has 0 fully saturated rings. The largest absolute Gasteiger partial charge is 0.368 e. The fourth-order valence-electron chi connectivity index (χ4n) is 0.920. The lowest BCUT2D eigenvalue weighted by Gasteiger charge is -2.01. The van der Waals surface area contributed by atoms with E-state index in [2.05, 4.69) is 15.6 Å². The topological polar surface area (TPSA) is 112 Å². The Morgan fingerprint density at radius 2 is 2.33 bits per heavy atom. The van der Waals surface area contributed by atoms with E-state index >= 15 is 0 Å². The lowest BCUT2D eigenvalue weighted by Crippen LogP contribution is -2.29. The van der Waals surface area contributed by atoms with Crippen molar-refractivity contribution in [3.05, 3.63) is 0 Å². The third-order valence-electron chi connectivity index (χ3n) is 1.81. The number of nitrogens with one attached hydrogen (secondary N) is 1. The highest BCUT2D eigenvalue weighted by Gasteiger charge is 2.06. The molecule has 0 bridgehead atoms. The number of hydrogen-bond donors (Lipinski definition) is 3. The van der Waals surface area contributed by atoms with Crippen LogP contribution in [0.25, 0.3) is 0 Å². The first-order valence-electron chi connectivity index (χ1n) is 4.42. The number of nitrogens with two attached hydrogens (primary N) is 2. The molecule has 1 rings (SSSR count). The summed E-state index contributed by atoms with van der Waals surface area (Å²) in [4.78, 5) is 10.8. The lowest BCUT2D eigenvalue weighted by atomic mass is 10.3. The van der Waals surface area contributed by atoms with Crippen LogP contribution in [0.2, 0.25) is 0 Å². The van der Waals surface area contributed by atoms with Gasteiger partial charge in [-0.05, 0) is 6.42 Å². The van der Waals surface area contributed by atoms with Crippen molar-refractivity contribution in [2.24, 2.45) is 12.9 Å². The molecule has 0 spiro atoms. The zero-order valence-electron chi connectivity index (χ0n) is 8.43. The van der Waals surface area contributed by atoms with Crippen molar-refractivity contribution in [3.8, 4) is 0 Å². The standard InChI is InChI=1S/C7H14N6OS/c1-13-6(8)11-12-7(13)15-4-2-3-5(14)10-9/h2-4,9H2,1H3,(H2,8,11)(H,10,14). The third kappa shape index (κ3) is 3.40. The molecule has 0 aromatic carbocycles. The Morgan fingerprint density at radius 3 is 2.87 bits per heavy atom. The van der Waals surface area contributed by atoms with E-state index < -0.39 is 0 Å². The van der Waals surface area contributed by atoms with Crippen molar-refractivity contribution in [1.82, 2.24) is 20.2 Å². The molecule has 7 nitrogen and oxygen atoms in total. The van der Waals surface area contributed by atoms with Gasteiger partial charge in [0.05, 0.1) is 0 Å². The molecule has 0 atom stereocenters. The Kier molecular flexibility index (Phi) is 4.37. The first-order chi connectivity index (χ1) is 7.15. The number of aromatic nitrogens is 3. The van der Waals surface area contributed by atoms with Gasteiger partial charge in [-0.15, -0.1) is 10.2 Å². The third-order valence-corrected chi connectivity index (χ3v) is 2.92. The van der Waals surface area contributed by atoms with E-state index in [-0.39, 0.29) is 5.91 Å². The minimum Gasteiger partial charge on any atom is -0.368 e. The molecule has 15 heavy (non-hydrogen) atoms. The number of thioether (sulfide) groups is 1. The van der Waals surface area contributed by atoms with Crippen LogP contribution in [0.4, 0.5) is 5.95 Å². The summed E-state index contributed by atoms with van der Waals surface area (Å²) in [6.07, 6.45) is 1.15. The molecule has 0 unspecified atom stereocenters. The van der Waals surface area contributed by atoms with Gasteiger partial charge in [0.2, 0.25) is 11.9 Å². The fourth-order valence-corrected chi connectivity index (χ4v) is 1.78. The van der Waals surface area contributed by atoms with Crippen molar-refractivity contribution in [3.63, 3.8) is 0 Å². The maximum Gasteiger partial charge on any atom is 0.233 e. The van der Waals surface area contributed by atoms with E-state index in [0.717, 1.165) is 17.3 Å². The maximum atomic E-state index is 10.8. The number of anilines is 1. The Hall–Kier alpha value is -1.28. The van der Waals surface area contributed by atoms with E-state index in [0.29, 0.717) is 12.4 Å². The fraction of sp³-hybridized carbons (Fsp3) is 0.571. The minimum atomic E-state index is -0.159. The molecule has 1 heterocycles. The predicted molar refractivity (Wildman–Crippen MR) is 57.7 cm³/mol. The van der Waals surface area contributed by atoms with Crippen LogP contribution >= 0.6 is 11.8 Å². The minimum absolute atomic E-state index is 0.159. The van der Waals surface area contributed by atoms with Crippen LogP contribution in [0.3, 0.4) is 0 Å². The molecule has 0 aliphatic rings. The summed E-state index contributed by atoms with van der Waals surface area (Å²) >= 11 is 1.51. The molecule has 0 saturated carbocycles. The molecule has 0 aliphatic carbocycles. The number of carbonyl (C=O) groups excluding carboxylic acids is 1. The SMILES string of the molecule is Cn1c(N)nnc1SCCCC(=O)NN. The lowest BCUT2D eigenvalue weighted by molar-refractivity contribution is -0.121. The number of nitrogens with zero attached hydrogens (tertiary/aromatic N) is 3. The average Bonchev–Trinajstić information content (AvgIpc) is 2.55. The monoisotopic (exact) mass is 230 g/mol. The summed E-state index contributed by atoms with van der Waals surface area (Å²) in [5, 5.41) is 8.35. The second kappa shape index (κ2) is 5.56. The maximum absolute atomic E-state index is 10.8. The number of amides is 1. The molecular formula is C7H14N6OS. The van der Waals surface area contributed by atoms with Gasteiger partial charge >= 0.3 is 0 Å². The van der Waals surface area contributed by atoms with Crippen molar-refractivity contribution < 1.29 is 4.79 Å². The normalized spacial score (nSPS) is 10.3. The van der Waals surface area contributed by atoms with Crippen LogP contribution in [0, 0.1) is 0 Å². The van der Waals surface area contributed by atoms with Gasteiger partial charge in [0, 0.05) is 19.2 Å². The van der Waals surface area contributed by atoms with Crippen LogP contribution in [-0.4, -0.2) is 26.4 Å². The predicted octanol–water partition coefficient (Wildman–Crippen LogP) is -0.740. The number of hydrogen-bond acceptors (Lipinski definition) is 6. The van der Waals surface area contributed by atoms with E-state index in [1.54, 1.807) is 11.6 Å². The van der Waals surface area contributed by atoms with Crippen LogP contribution in [-0.2, 0) is 11.8 Å². The quantitative estimate of drug-likeness (QED) is 0.202.